The van der Waals surface area contributed by atoms with Crippen LogP contribution >= 0.6 is 11.6 Å². The third-order valence-corrected chi connectivity index (χ3v) is 4.00. The molecule has 0 spiro atoms. The lowest BCUT2D eigenvalue weighted by Crippen LogP contribution is -2.08. The number of hydrogen-bond acceptors (Lipinski definition) is 4. The first-order valence-corrected chi connectivity index (χ1v) is 5.66. The molecule has 1 aromatic heterocycles. The van der Waals surface area contributed by atoms with Crippen LogP contribution in [0.3, 0.4) is 0 Å². The predicted octanol–water partition coefficient (Wildman–Crippen LogP) is 1.69. The molecule has 2 rings (SSSR count). The molecule has 0 saturated heterocycles. The fourth-order valence-corrected chi connectivity index (χ4v) is 2.37. The Hall–Kier alpha value is -1.07. The highest BCUT2D eigenvalue weighted by Gasteiger charge is 2.28. The second kappa shape index (κ2) is 3.25. The highest BCUT2D eigenvalue weighted by molar-refractivity contribution is 8.12. The van der Waals surface area contributed by atoms with E-state index in [1.807, 2.05) is 0 Å². The van der Waals surface area contributed by atoms with Crippen molar-refractivity contribution < 1.29 is 12.8 Å². The van der Waals surface area contributed by atoms with Gasteiger partial charge in [-0.05, 0) is 23.7 Å². The first kappa shape index (κ1) is 9.48. The van der Waals surface area contributed by atoms with Crippen molar-refractivity contribution in [3.05, 3.63) is 35.3 Å². The van der Waals surface area contributed by atoms with E-state index in [0.717, 1.165) is 0 Å². The van der Waals surface area contributed by atoms with E-state index in [1.54, 1.807) is 12.1 Å². The maximum atomic E-state index is 11.4. The van der Waals surface area contributed by atoms with Crippen molar-refractivity contribution in [3.63, 3.8) is 0 Å². The van der Waals surface area contributed by atoms with E-state index in [0.29, 0.717) is 5.76 Å². The lowest BCUT2D eigenvalue weighted by Gasteiger charge is -1.98. The lowest BCUT2D eigenvalue weighted by molar-refractivity contribution is 0.520. The largest absolute Gasteiger partial charge is 0.469 e. The van der Waals surface area contributed by atoms with E-state index in [1.165, 1.54) is 12.5 Å². The Kier molecular flexibility index (Phi) is 2.20. The van der Waals surface area contributed by atoms with Gasteiger partial charge in [0.2, 0.25) is 14.3 Å². The standard InChI is InChI=1S/C8H6ClNO3S/c9-8-10-5-7(14(8,11)12)4-6-2-1-3-13-6/h1-3,5H,4H2. The average molecular weight is 232 g/mol. The Morgan fingerprint density at radius 1 is 1.50 bits per heavy atom. The molecule has 1 aliphatic heterocycles. The Morgan fingerprint density at radius 2 is 2.29 bits per heavy atom. The molecular weight excluding hydrogens is 226 g/mol. The molecular formula is C8H6ClNO3S. The SMILES string of the molecule is O=S1(=O)C(Cc2ccco2)=CN=C1Cl. The highest BCUT2D eigenvalue weighted by Crippen LogP contribution is 2.23. The fraction of sp³-hybridized carbons (Fsp3) is 0.125. The molecule has 4 nitrogen and oxygen atoms in total. The minimum absolute atomic E-state index is 0.164. The van der Waals surface area contributed by atoms with E-state index in [-0.39, 0.29) is 15.8 Å². The molecule has 0 bridgehead atoms. The Bertz CT molecular complexity index is 499. The molecule has 0 aromatic carbocycles. The van der Waals surface area contributed by atoms with Crippen LogP contribution in [0.4, 0.5) is 0 Å². The molecule has 14 heavy (non-hydrogen) atoms. The van der Waals surface area contributed by atoms with Gasteiger partial charge in [-0.2, -0.15) is 0 Å². The number of furan rings is 1. The van der Waals surface area contributed by atoms with Gasteiger partial charge in [0.05, 0.1) is 11.2 Å². The van der Waals surface area contributed by atoms with Crippen LogP contribution < -0.4 is 0 Å². The van der Waals surface area contributed by atoms with E-state index >= 15 is 0 Å². The summed E-state index contributed by atoms with van der Waals surface area (Å²) in [6.07, 6.45) is 2.93. The van der Waals surface area contributed by atoms with Gasteiger partial charge in [0.1, 0.15) is 5.76 Å². The van der Waals surface area contributed by atoms with Gasteiger partial charge in [-0.1, -0.05) is 0 Å². The number of allylic oxidation sites excluding steroid dienone is 1. The summed E-state index contributed by atoms with van der Waals surface area (Å²) in [6.45, 7) is 0. The molecule has 74 valence electrons. The number of nitrogens with zero attached hydrogens (tertiary/aromatic N) is 1. The zero-order chi connectivity index (χ0) is 10.2. The minimum atomic E-state index is -3.53. The third-order valence-electron chi connectivity index (χ3n) is 1.81. The number of hydrogen-bond donors (Lipinski definition) is 0. The number of halogens is 1. The van der Waals surface area contributed by atoms with Gasteiger partial charge in [-0.25, -0.2) is 13.4 Å². The van der Waals surface area contributed by atoms with Crippen LogP contribution in [-0.4, -0.2) is 12.9 Å². The second-order valence-electron chi connectivity index (χ2n) is 2.74. The van der Waals surface area contributed by atoms with Crippen LogP contribution in [0.15, 0.2) is 38.9 Å². The maximum absolute atomic E-state index is 11.4. The molecule has 1 aliphatic rings. The molecule has 0 aliphatic carbocycles. The van der Waals surface area contributed by atoms with Gasteiger partial charge < -0.3 is 4.42 Å². The Morgan fingerprint density at radius 3 is 2.79 bits per heavy atom. The van der Waals surface area contributed by atoms with Crippen LogP contribution in [0, 0.1) is 0 Å². The van der Waals surface area contributed by atoms with E-state index < -0.39 is 9.84 Å². The quantitative estimate of drug-likeness (QED) is 0.778. The zero-order valence-corrected chi connectivity index (χ0v) is 8.55. The summed E-state index contributed by atoms with van der Waals surface area (Å²) in [7, 11) is -3.53. The monoisotopic (exact) mass is 231 g/mol. The summed E-state index contributed by atoms with van der Waals surface area (Å²) in [5, 5.41) is 0. The van der Waals surface area contributed by atoms with E-state index in [2.05, 4.69) is 4.99 Å². The Balaban J connectivity index is 2.25. The normalized spacial score (nSPS) is 19.2. The van der Waals surface area contributed by atoms with Crippen molar-refractivity contribution in [1.29, 1.82) is 0 Å². The van der Waals surface area contributed by atoms with Gasteiger partial charge >= 0.3 is 0 Å². The summed E-state index contributed by atoms with van der Waals surface area (Å²) in [6, 6.07) is 3.39. The van der Waals surface area contributed by atoms with E-state index in [9.17, 15) is 8.42 Å². The van der Waals surface area contributed by atoms with Crippen molar-refractivity contribution in [1.82, 2.24) is 0 Å². The van der Waals surface area contributed by atoms with Crippen molar-refractivity contribution in [2.75, 3.05) is 0 Å². The summed E-state index contributed by atoms with van der Waals surface area (Å²) in [5.74, 6) is 0.571. The third kappa shape index (κ3) is 1.49. The van der Waals surface area contributed by atoms with Crippen LogP contribution in [-0.2, 0) is 16.3 Å². The molecule has 0 amide bonds. The molecule has 0 atom stereocenters. The fourth-order valence-electron chi connectivity index (χ4n) is 1.10. The van der Waals surface area contributed by atoms with Gasteiger partial charge in [0.15, 0.2) is 0 Å². The Labute approximate surface area is 85.8 Å². The van der Waals surface area contributed by atoms with E-state index in [4.69, 9.17) is 16.0 Å². The van der Waals surface area contributed by atoms with Gasteiger partial charge in [-0.15, -0.1) is 0 Å². The first-order chi connectivity index (χ1) is 6.60. The van der Waals surface area contributed by atoms with Crippen LogP contribution in [0.25, 0.3) is 0 Å². The zero-order valence-electron chi connectivity index (χ0n) is 6.97. The molecule has 0 fully saturated rings. The van der Waals surface area contributed by atoms with Crippen LogP contribution in [0.1, 0.15) is 5.76 Å². The number of rotatable bonds is 2. The summed E-state index contributed by atoms with van der Waals surface area (Å²) >= 11 is 5.42. The first-order valence-electron chi connectivity index (χ1n) is 3.80. The average Bonchev–Trinajstić information content (AvgIpc) is 2.70. The smallest absolute Gasteiger partial charge is 0.233 e. The summed E-state index contributed by atoms with van der Waals surface area (Å²) in [4.78, 5) is 3.71. The molecule has 6 heteroatoms. The molecule has 0 saturated carbocycles. The summed E-state index contributed by atoms with van der Waals surface area (Å²) in [5.41, 5.74) is 0. The van der Waals surface area contributed by atoms with Gasteiger partial charge in [0.25, 0.3) is 0 Å². The van der Waals surface area contributed by atoms with Crippen molar-refractivity contribution in [2.45, 2.75) is 6.42 Å². The predicted molar refractivity (Wildman–Crippen MR) is 52.7 cm³/mol. The topological polar surface area (TPSA) is 59.6 Å². The molecule has 0 N–H and O–H groups in total. The van der Waals surface area contributed by atoms with Crippen molar-refractivity contribution in [2.24, 2.45) is 4.99 Å². The summed E-state index contributed by atoms with van der Waals surface area (Å²) < 4.78 is 27.5. The van der Waals surface area contributed by atoms with Gasteiger partial charge in [0, 0.05) is 12.6 Å². The molecule has 0 radical (unpaired) electrons. The highest BCUT2D eigenvalue weighted by atomic mass is 35.5. The van der Waals surface area contributed by atoms with Crippen molar-refractivity contribution >= 4 is 25.9 Å². The number of sulfone groups is 1. The van der Waals surface area contributed by atoms with Gasteiger partial charge in [-0.3, -0.25) is 0 Å². The lowest BCUT2D eigenvalue weighted by atomic mass is 10.3. The van der Waals surface area contributed by atoms with Crippen molar-refractivity contribution in [3.8, 4) is 0 Å². The second-order valence-corrected chi connectivity index (χ2v) is 5.24. The van der Waals surface area contributed by atoms with Crippen LogP contribution in [0.5, 0.6) is 0 Å². The van der Waals surface area contributed by atoms with Crippen LogP contribution in [0.2, 0.25) is 0 Å². The number of aliphatic imine (C=N–C) groups is 1. The molecule has 0 unspecified atom stereocenters. The molecule has 2 heterocycles. The maximum Gasteiger partial charge on any atom is 0.233 e. The molecule has 1 aromatic rings. The minimum Gasteiger partial charge on any atom is -0.469 e.